The predicted molar refractivity (Wildman–Crippen MR) is 111 cm³/mol. The molecule has 1 saturated heterocycles. The Morgan fingerprint density at radius 2 is 0.964 bits per heavy atom. The Balaban J connectivity index is 1.76. The average molecular weight is 385 g/mol. The Labute approximate surface area is 168 Å². The van der Waals surface area contributed by atoms with Crippen LogP contribution in [0.25, 0.3) is 0 Å². The lowest BCUT2D eigenvalue weighted by molar-refractivity contribution is -0.0547. The Morgan fingerprint density at radius 1 is 0.536 bits per heavy atom. The Morgan fingerprint density at radius 3 is 1.43 bits per heavy atom. The molecule has 0 spiro atoms. The molecule has 0 N–H and O–H groups in total. The fourth-order valence-electron chi connectivity index (χ4n) is 3.65. The lowest BCUT2D eigenvalue weighted by Crippen LogP contribution is -2.38. The molecule has 0 aromatic heterocycles. The van der Waals surface area contributed by atoms with Crippen LogP contribution in [-0.2, 0) is 31.8 Å². The Bertz CT molecular complexity index is 587. The summed E-state index contributed by atoms with van der Waals surface area (Å²) in [4.78, 5) is 0. The molecule has 0 saturated carbocycles. The minimum absolute atomic E-state index is 0.132. The van der Waals surface area contributed by atoms with Gasteiger partial charge in [-0.05, 0) is 30.4 Å². The molecule has 4 heteroatoms. The summed E-state index contributed by atoms with van der Waals surface area (Å²) >= 11 is 0. The van der Waals surface area contributed by atoms with Crippen molar-refractivity contribution < 1.29 is 18.9 Å². The largest absolute Gasteiger partial charge is 0.379 e. The van der Waals surface area contributed by atoms with Crippen LogP contribution in [0.1, 0.15) is 17.5 Å². The van der Waals surface area contributed by atoms with Crippen LogP contribution in [0.5, 0.6) is 0 Å². The van der Waals surface area contributed by atoms with Crippen molar-refractivity contribution in [2.75, 3.05) is 52.9 Å². The summed E-state index contributed by atoms with van der Waals surface area (Å²) in [5.41, 5.74) is 2.48. The lowest BCUT2D eigenvalue weighted by atomic mass is 9.77. The normalized spacial score (nSPS) is 19.6. The van der Waals surface area contributed by atoms with Crippen LogP contribution >= 0.6 is 0 Å². The molecule has 3 rings (SSSR count). The van der Waals surface area contributed by atoms with Crippen LogP contribution in [0.3, 0.4) is 0 Å². The number of rotatable bonds is 4. The molecule has 1 aliphatic heterocycles. The Hall–Kier alpha value is -1.72. The quantitative estimate of drug-likeness (QED) is 0.800. The molecule has 0 aliphatic carbocycles. The van der Waals surface area contributed by atoms with Gasteiger partial charge < -0.3 is 18.9 Å². The van der Waals surface area contributed by atoms with Crippen LogP contribution in [0.15, 0.2) is 60.7 Å². The molecule has 0 radical (unpaired) electrons. The zero-order chi connectivity index (χ0) is 19.3. The van der Waals surface area contributed by atoms with Crippen LogP contribution in [0.4, 0.5) is 0 Å². The van der Waals surface area contributed by atoms with Crippen molar-refractivity contribution in [1.29, 1.82) is 0 Å². The van der Waals surface area contributed by atoms with Gasteiger partial charge in [0.05, 0.1) is 39.6 Å². The lowest BCUT2D eigenvalue weighted by Gasteiger charge is -2.34. The van der Waals surface area contributed by atoms with Gasteiger partial charge in [0.15, 0.2) is 0 Å². The van der Waals surface area contributed by atoms with Crippen molar-refractivity contribution in [1.82, 2.24) is 0 Å². The molecule has 28 heavy (non-hydrogen) atoms. The van der Waals surface area contributed by atoms with Crippen LogP contribution < -0.4 is 0 Å². The standard InChI is InChI=1S/C24H32O4/c1-3-8-22(9-4-1)18-24(19-23-10-5-2-6-11-23)20-27-16-14-25-12-7-13-26-15-17-28-21-24/h1-6,8-11H,7,12-21H2. The maximum Gasteiger partial charge on any atom is 0.0700 e. The van der Waals surface area contributed by atoms with E-state index in [0.717, 1.165) is 19.3 Å². The number of benzene rings is 2. The molecule has 2 aromatic carbocycles. The molecule has 1 aliphatic rings. The molecule has 4 nitrogen and oxygen atoms in total. The van der Waals surface area contributed by atoms with E-state index in [-0.39, 0.29) is 5.41 Å². The number of ether oxygens (including phenoxy) is 4. The molecule has 2 aromatic rings. The summed E-state index contributed by atoms with van der Waals surface area (Å²) in [7, 11) is 0. The Kier molecular flexibility index (Phi) is 8.98. The second-order valence-electron chi connectivity index (χ2n) is 7.51. The fraction of sp³-hybridized carbons (Fsp3) is 0.500. The molecule has 1 fully saturated rings. The van der Waals surface area contributed by atoms with Gasteiger partial charge in [-0.3, -0.25) is 0 Å². The zero-order valence-electron chi connectivity index (χ0n) is 16.7. The third kappa shape index (κ3) is 7.36. The third-order valence-corrected chi connectivity index (χ3v) is 4.98. The smallest absolute Gasteiger partial charge is 0.0700 e. The van der Waals surface area contributed by atoms with E-state index in [1.807, 2.05) is 0 Å². The molecular formula is C24H32O4. The third-order valence-electron chi connectivity index (χ3n) is 4.98. The van der Waals surface area contributed by atoms with Crippen molar-refractivity contribution in [2.45, 2.75) is 19.3 Å². The van der Waals surface area contributed by atoms with Crippen molar-refractivity contribution in [3.8, 4) is 0 Å². The molecule has 152 valence electrons. The molecule has 0 unspecified atom stereocenters. The molecule has 0 atom stereocenters. The van der Waals surface area contributed by atoms with Gasteiger partial charge >= 0.3 is 0 Å². The van der Waals surface area contributed by atoms with E-state index in [1.165, 1.54) is 11.1 Å². The predicted octanol–water partition coefficient (Wildman–Crippen LogP) is 3.93. The minimum Gasteiger partial charge on any atom is -0.379 e. The molecule has 1 heterocycles. The van der Waals surface area contributed by atoms with Crippen molar-refractivity contribution >= 4 is 0 Å². The van der Waals surface area contributed by atoms with Gasteiger partial charge in [-0.2, -0.15) is 0 Å². The maximum atomic E-state index is 6.10. The van der Waals surface area contributed by atoms with E-state index in [2.05, 4.69) is 60.7 Å². The van der Waals surface area contributed by atoms with E-state index >= 15 is 0 Å². The molecule has 0 bridgehead atoms. The van der Waals surface area contributed by atoms with Gasteiger partial charge in [-0.15, -0.1) is 0 Å². The summed E-state index contributed by atoms with van der Waals surface area (Å²) in [5.74, 6) is 0. The van der Waals surface area contributed by atoms with E-state index in [4.69, 9.17) is 18.9 Å². The highest BCUT2D eigenvalue weighted by atomic mass is 16.5. The van der Waals surface area contributed by atoms with E-state index in [9.17, 15) is 0 Å². The van der Waals surface area contributed by atoms with Crippen LogP contribution in [0.2, 0.25) is 0 Å². The first kappa shape index (κ1) is 21.0. The van der Waals surface area contributed by atoms with Crippen molar-refractivity contribution in [3.05, 3.63) is 71.8 Å². The first-order valence-corrected chi connectivity index (χ1v) is 10.3. The molecular weight excluding hydrogens is 352 g/mol. The second-order valence-corrected chi connectivity index (χ2v) is 7.51. The number of hydrogen-bond donors (Lipinski definition) is 0. The van der Waals surface area contributed by atoms with Crippen molar-refractivity contribution in [2.24, 2.45) is 5.41 Å². The van der Waals surface area contributed by atoms with Gasteiger partial charge in [-0.25, -0.2) is 0 Å². The summed E-state index contributed by atoms with van der Waals surface area (Å²) in [6, 6.07) is 21.2. The first-order valence-electron chi connectivity index (χ1n) is 10.3. The van der Waals surface area contributed by atoms with Gasteiger partial charge in [-0.1, -0.05) is 60.7 Å². The summed E-state index contributed by atoms with van der Waals surface area (Å²) in [5, 5.41) is 0. The maximum absolute atomic E-state index is 6.10. The van der Waals surface area contributed by atoms with Gasteiger partial charge in [0.1, 0.15) is 0 Å². The summed E-state index contributed by atoms with van der Waals surface area (Å²) in [6.45, 7) is 5.15. The van der Waals surface area contributed by atoms with Crippen molar-refractivity contribution in [3.63, 3.8) is 0 Å². The minimum atomic E-state index is -0.132. The average Bonchev–Trinajstić information content (AvgIpc) is 2.73. The summed E-state index contributed by atoms with van der Waals surface area (Å²) in [6.07, 6.45) is 2.72. The zero-order valence-corrected chi connectivity index (χ0v) is 16.7. The van der Waals surface area contributed by atoms with E-state index < -0.39 is 0 Å². The monoisotopic (exact) mass is 384 g/mol. The van der Waals surface area contributed by atoms with E-state index in [0.29, 0.717) is 52.9 Å². The summed E-state index contributed by atoms with van der Waals surface area (Å²) < 4.78 is 23.5. The molecule has 0 amide bonds. The fourth-order valence-corrected chi connectivity index (χ4v) is 3.65. The topological polar surface area (TPSA) is 36.9 Å². The second kappa shape index (κ2) is 12.0. The van der Waals surface area contributed by atoms with E-state index in [1.54, 1.807) is 0 Å². The van der Waals surface area contributed by atoms with Gasteiger partial charge in [0.2, 0.25) is 0 Å². The SMILES string of the molecule is c1ccc(CC2(Cc3ccccc3)COCCOCCCOCCOC2)cc1. The highest BCUT2D eigenvalue weighted by molar-refractivity contribution is 5.21. The van der Waals surface area contributed by atoms with Crippen LogP contribution in [-0.4, -0.2) is 52.9 Å². The number of hydrogen-bond acceptors (Lipinski definition) is 4. The van der Waals surface area contributed by atoms with Crippen LogP contribution in [0, 0.1) is 5.41 Å². The van der Waals surface area contributed by atoms with Gasteiger partial charge in [0, 0.05) is 18.6 Å². The first-order chi connectivity index (χ1) is 13.9. The highest BCUT2D eigenvalue weighted by Crippen LogP contribution is 2.29. The highest BCUT2D eigenvalue weighted by Gasteiger charge is 2.32. The van der Waals surface area contributed by atoms with Gasteiger partial charge in [0.25, 0.3) is 0 Å².